The average molecular weight is 161 g/mol. The summed E-state index contributed by atoms with van der Waals surface area (Å²) in [5.41, 5.74) is 0. The standard InChI is InChI=1S/C8H19NO2/c1-3-7(2)8(11)6-9-4-5-10/h7-11H,3-6H2,1-2H3/t7?,8-/m0/s1. The molecule has 0 heterocycles. The average Bonchev–Trinajstić information content (AvgIpc) is 2.03. The third-order valence-corrected chi connectivity index (χ3v) is 1.94. The van der Waals surface area contributed by atoms with Crippen LogP contribution in [-0.4, -0.2) is 36.0 Å². The maximum absolute atomic E-state index is 9.40. The fraction of sp³-hybridized carbons (Fsp3) is 1.00. The molecule has 0 aromatic rings. The summed E-state index contributed by atoms with van der Waals surface area (Å²) >= 11 is 0. The van der Waals surface area contributed by atoms with Gasteiger partial charge in [-0.25, -0.2) is 0 Å². The van der Waals surface area contributed by atoms with Gasteiger partial charge in [-0.05, 0) is 5.92 Å². The first-order valence-electron chi connectivity index (χ1n) is 4.22. The highest BCUT2D eigenvalue weighted by Gasteiger charge is 2.10. The SMILES string of the molecule is CCC(C)[C@@H](O)CNCCO. The molecule has 0 rings (SSSR count). The summed E-state index contributed by atoms with van der Waals surface area (Å²) in [5.74, 6) is 0.334. The summed E-state index contributed by atoms with van der Waals surface area (Å²) in [6, 6.07) is 0. The molecule has 1 unspecified atom stereocenters. The fourth-order valence-corrected chi connectivity index (χ4v) is 0.802. The number of rotatable bonds is 6. The Morgan fingerprint density at radius 2 is 2.09 bits per heavy atom. The number of aliphatic hydroxyl groups is 2. The second kappa shape index (κ2) is 6.58. The maximum Gasteiger partial charge on any atom is 0.0689 e. The third-order valence-electron chi connectivity index (χ3n) is 1.94. The first-order valence-corrected chi connectivity index (χ1v) is 4.22. The lowest BCUT2D eigenvalue weighted by Gasteiger charge is -2.16. The summed E-state index contributed by atoms with van der Waals surface area (Å²) in [6.45, 7) is 5.35. The van der Waals surface area contributed by atoms with Gasteiger partial charge in [0, 0.05) is 13.1 Å². The van der Waals surface area contributed by atoms with Gasteiger partial charge in [0.05, 0.1) is 12.7 Å². The second-order valence-electron chi connectivity index (χ2n) is 2.88. The Hall–Kier alpha value is -0.120. The van der Waals surface area contributed by atoms with Crippen molar-refractivity contribution < 1.29 is 10.2 Å². The van der Waals surface area contributed by atoms with E-state index in [2.05, 4.69) is 12.2 Å². The summed E-state index contributed by atoms with van der Waals surface area (Å²) in [7, 11) is 0. The highest BCUT2D eigenvalue weighted by atomic mass is 16.3. The topological polar surface area (TPSA) is 52.5 Å². The Morgan fingerprint density at radius 1 is 1.45 bits per heavy atom. The van der Waals surface area contributed by atoms with Crippen molar-refractivity contribution in [1.82, 2.24) is 5.32 Å². The number of aliphatic hydroxyl groups excluding tert-OH is 2. The fourth-order valence-electron chi connectivity index (χ4n) is 0.802. The molecule has 3 N–H and O–H groups in total. The summed E-state index contributed by atoms with van der Waals surface area (Å²) < 4.78 is 0. The molecule has 0 saturated heterocycles. The van der Waals surface area contributed by atoms with E-state index in [1.807, 2.05) is 6.92 Å². The first kappa shape index (κ1) is 10.9. The zero-order chi connectivity index (χ0) is 8.69. The van der Waals surface area contributed by atoms with Crippen molar-refractivity contribution in [3.05, 3.63) is 0 Å². The minimum absolute atomic E-state index is 0.132. The summed E-state index contributed by atoms with van der Waals surface area (Å²) in [6.07, 6.45) is 0.702. The molecule has 68 valence electrons. The van der Waals surface area contributed by atoms with Crippen LogP contribution in [-0.2, 0) is 0 Å². The smallest absolute Gasteiger partial charge is 0.0689 e. The lowest BCUT2D eigenvalue weighted by Crippen LogP contribution is -2.32. The molecule has 0 radical (unpaired) electrons. The Balaban J connectivity index is 3.28. The van der Waals surface area contributed by atoms with Crippen LogP contribution >= 0.6 is 0 Å². The Labute approximate surface area is 68.4 Å². The second-order valence-corrected chi connectivity index (χ2v) is 2.88. The summed E-state index contributed by atoms with van der Waals surface area (Å²) in [5, 5.41) is 20.8. The van der Waals surface area contributed by atoms with Crippen LogP contribution in [0, 0.1) is 5.92 Å². The molecule has 11 heavy (non-hydrogen) atoms. The zero-order valence-electron chi connectivity index (χ0n) is 7.38. The molecule has 0 spiro atoms. The van der Waals surface area contributed by atoms with Gasteiger partial charge < -0.3 is 15.5 Å². The highest BCUT2D eigenvalue weighted by Crippen LogP contribution is 2.05. The highest BCUT2D eigenvalue weighted by molar-refractivity contribution is 4.65. The van der Waals surface area contributed by atoms with Crippen LogP contribution in [0.2, 0.25) is 0 Å². The molecule has 0 bridgehead atoms. The zero-order valence-corrected chi connectivity index (χ0v) is 7.38. The van der Waals surface area contributed by atoms with Crippen LogP contribution in [0.5, 0.6) is 0 Å². The van der Waals surface area contributed by atoms with E-state index >= 15 is 0 Å². The van der Waals surface area contributed by atoms with Gasteiger partial charge in [-0.15, -0.1) is 0 Å². The normalized spacial score (nSPS) is 16.4. The van der Waals surface area contributed by atoms with Gasteiger partial charge in [0.25, 0.3) is 0 Å². The minimum atomic E-state index is -0.286. The predicted octanol–water partition coefficient (Wildman–Crippen LogP) is -0.0247. The number of hydrogen-bond donors (Lipinski definition) is 3. The van der Waals surface area contributed by atoms with Crippen molar-refractivity contribution >= 4 is 0 Å². The minimum Gasteiger partial charge on any atom is -0.395 e. The van der Waals surface area contributed by atoms with E-state index in [0.29, 0.717) is 19.0 Å². The molecule has 3 nitrogen and oxygen atoms in total. The maximum atomic E-state index is 9.40. The molecule has 0 amide bonds. The lowest BCUT2D eigenvalue weighted by molar-refractivity contribution is 0.111. The van der Waals surface area contributed by atoms with E-state index in [-0.39, 0.29) is 12.7 Å². The quantitative estimate of drug-likeness (QED) is 0.480. The molecule has 2 atom stereocenters. The van der Waals surface area contributed by atoms with Crippen LogP contribution in [0.3, 0.4) is 0 Å². The van der Waals surface area contributed by atoms with Gasteiger partial charge in [0.2, 0.25) is 0 Å². The Morgan fingerprint density at radius 3 is 2.55 bits per heavy atom. The van der Waals surface area contributed by atoms with Crippen LogP contribution in [0.4, 0.5) is 0 Å². The van der Waals surface area contributed by atoms with E-state index < -0.39 is 0 Å². The molecular weight excluding hydrogens is 142 g/mol. The molecule has 0 aliphatic rings. The molecule has 0 fully saturated rings. The van der Waals surface area contributed by atoms with Gasteiger partial charge in [-0.3, -0.25) is 0 Å². The van der Waals surface area contributed by atoms with Crippen molar-refractivity contribution in [2.45, 2.75) is 26.4 Å². The Bertz CT molecular complexity index is 88.2. The van der Waals surface area contributed by atoms with Crippen LogP contribution in [0.25, 0.3) is 0 Å². The molecule has 0 aromatic carbocycles. The van der Waals surface area contributed by atoms with Gasteiger partial charge in [-0.2, -0.15) is 0 Å². The molecule has 0 aliphatic carbocycles. The summed E-state index contributed by atoms with van der Waals surface area (Å²) in [4.78, 5) is 0. The monoisotopic (exact) mass is 161 g/mol. The lowest BCUT2D eigenvalue weighted by atomic mass is 10.0. The van der Waals surface area contributed by atoms with Crippen molar-refractivity contribution in [3.63, 3.8) is 0 Å². The van der Waals surface area contributed by atoms with E-state index in [1.165, 1.54) is 0 Å². The van der Waals surface area contributed by atoms with Gasteiger partial charge >= 0.3 is 0 Å². The molecule has 0 aliphatic heterocycles. The predicted molar refractivity (Wildman–Crippen MR) is 45.4 cm³/mol. The van der Waals surface area contributed by atoms with E-state index in [1.54, 1.807) is 0 Å². The largest absolute Gasteiger partial charge is 0.395 e. The molecule has 0 aromatic heterocycles. The van der Waals surface area contributed by atoms with E-state index in [0.717, 1.165) is 6.42 Å². The van der Waals surface area contributed by atoms with Crippen molar-refractivity contribution in [2.75, 3.05) is 19.7 Å². The number of hydrogen-bond acceptors (Lipinski definition) is 3. The van der Waals surface area contributed by atoms with Crippen LogP contribution < -0.4 is 5.32 Å². The van der Waals surface area contributed by atoms with E-state index in [4.69, 9.17) is 5.11 Å². The van der Waals surface area contributed by atoms with Gasteiger partial charge in [0.15, 0.2) is 0 Å². The van der Waals surface area contributed by atoms with Gasteiger partial charge in [0.1, 0.15) is 0 Å². The van der Waals surface area contributed by atoms with E-state index in [9.17, 15) is 5.11 Å². The number of nitrogens with one attached hydrogen (secondary N) is 1. The Kier molecular flexibility index (Phi) is 6.51. The third kappa shape index (κ3) is 5.18. The van der Waals surface area contributed by atoms with Gasteiger partial charge in [-0.1, -0.05) is 20.3 Å². The first-order chi connectivity index (χ1) is 5.22. The van der Waals surface area contributed by atoms with Crippen LogP contribution in [0.1, 0.15) is 20.3 Å². The van der Waals surface area contributed by atoms with Crippen LogP contribution in [0.15, 0.2) is 0 Å². The van der Waals surface area contributed by atoms with Crippen molar-refractivity contribution in [3.8, 4) is 0 Å². The van der Waals surface area contributed by atoms with Crippen molar-refractivity contribution in [1.29, 1.82) is 0 Å². The molecule has 3 heteroatoms. The molecule has 0 saturated carbocycles. The van der Waals surface area contributed by atoms with Crippen molar-refractivity contribution in [2.24, 2.45) is 5.92 Å². The molecular formula is C8H19NO2.